The molecule has 15 nitrogen and oxygen atoms in total. The van der Waals surface area contributed by atoms with Gasteiger partial charge in [-0.05, 0) is 36.1 Å². The number of nitrogens with one attached hydrogen (secondary N) is 3. The first-order valence-electron chi connectivity index (χ1n) is 11.3. The maximum Gasteiger partial charge on any atom is 0.432 e. The number of carbonyl (C=O) groups excluding carboxylic acids is 2. The SMILES string of the molecule is CC(=O)Nc1nc(CCc2ccc(NC=NC(=O)O)cc2)c(C(=O)NCc2ccc([N+](=O)[O-])cc2)s1.NC(=O)O. The van der Waals surface area contributed by atoms with Gasteiger partial charge in [0.2, 0.25) is 5.91 Å². The molecule has 0 radical (unpaired) electrons. The summed E-state index contributed by atoms with van der Waals surface area (Å²) in [6, 6.07) is 13.1. The van der Waals surface area contributed by atoms with E-state index in [1.807, 2.05) is 12.1 Å². The number of carboxylic acid groups (broad SMARTS) is 2. The lowest BCUT2D eigenvalue weighted by Gasteiger charge is -2.06. The number of benzene rings is 2. The van der Waals surface area contributed by atoms with Crippen molar-refractivity contribution >= 4 is 58.2 Å². The molecule has 0 saturated carbocycles. The lowest BCUT2D eigenvalue weighted by atomic mass is 10.1. The summed E-state index contributed by atoms with van der Waals surface area (Å²) in [5.74, 6) is -0.669. The number of nitro groups is 1. The summed E-state index contributed by atoms with van der Waals surface area (Å²) in [6.45, 7) is 1.52. The van der Waals surface area contributed by atoms with Crippen molar-refractivity contribution in [3.63, 3.8) is 0 Å². The van der Waals surface area contributed by atoms with Gasteiger partial charge in [-0.25, -0.2) is 14.6 Å². The van der Waals surface area contributed by atoms with Crippen LogP contribution in [0.1, 0.15) is 33.4 Å². The Morgan fingerprint density at radius 3 is 2.20 bits per heavy atom. The van der Waals surface area contributed by atoms with Crippen LogP contribution in [0.15, 0.2) is 53.5 Å². The summed E-state index contributed by atoms with van der Waals surface area (Å²) < 4.78 is 0. The molecule has 0 aliphatic heterocycles. The highest BCUT2D eigenvalue weighted by Crippen LogP contribution is 2.25. The van der Waals surface area contributed by atoms with Crippen molar-refractivity contribution < 1.29 is 34.3 Å². The highest BCUT2D eigenvalue weighted by atomic mass is 32.1. The average molecular weight is 572 g/mol. The van der Waals surface area contributed by atoms with Gasteiger partial charge in [-0.1, -0.05) is 35.6 Å². The molecule has 40 heavy (non-hydrogen) atoms. The molecule has 210 valence electrons. The normalized spacial score (nSPS) is 10.2. The van der Waals surface area contributed by atoms with E-state index >= 15 is 0 Å². The molecule has 0 saturated heterocycles. The summed E-state index contributed by atoms with van der Waals surface area (Å²) in [7, 11) is 0. The molecule has 0 aliphatic rings. The van der Waals surface area contributed by atoms with E-state index in [4.69, 9.17) is 15.0 Å². The number of nitro benzene ring substituents is 1. The Kier molecular flexibility index (Phi) is 11.7. The van der Waals surface area contributed by atoms with Gasteiger partial charge in [0.1, 0.15) is 4.88 Å². The van der Waals surface area contributed by atoms with Gasteiger partial charge >= 0.3 is 12.2 Å². The van der Waals surface area contributed by atoms with Crippen molar-refractivity contribution in [2.24, 2.45) is 10.7 Å². The van der Waals surface area contributed by atoms with Crippen molar-refractivity contribution in [3.8, 4) is 0 Å². The number of hydrogen-bond donors (Lipinski definition) is 6. The molecule has 0 aliphatic carbocycles. The predicted octanol–water partition coefficient (Wildman–Crippen LogP) is 3.47. The van der Waals surface area contributed by atoms with Gasteiger partial charge in [-0.3, -0.25) is 19.7 Å². The van der Waals surface area contributed by atoms with Crippen molar-refractivity contribution in [1.82, 2.24) is 10.3 Å². The summed E-state index contributed by atoms with van der Waals surface area (Å²) >= 11 is 1.07. The maximum atomic E-state index is 12.9. The van der Waals surface area contributed by atoms with E-state index in [0.29, 0.717) is 39.8 Å². The second-order valence-electron chi connectivity index (χ2n) is 7.80. The van der Waals surface area contributed by atoms with Gasteiger partial charge in [0.15, 0.2) is 5.13 Å². The van der Waals surface area contributed by atoms with Gasteiger partial charge in [0.05, 0.1) is 17.0 Å². The summed E-state index contributed by atoms with van der Waals surface area (Å²) in [5, 5.41) is 35.0. The molecule has 0 atom stereocenters. The molecule has 0 fully saturated rings. The van der Waals surface area contributed by atoms with Crippen LogP contribution in [-0.2, 0) is 24.2 Å². The first kappa shape index (κ1) is 30.8. The number of primary amides is 1. The molecule has 1 heterocycles. The Hall–Kier alpha value is -5.38. The van der Waals surface area contributed by atoms with E-state index in [1.165, 1.54) is 19.1 Å². The van der Waals surface area contributed by atoms with E-state index in [0.717, 1.165) is 23.2 Å². The first-order chi connectivity index (χ1) is 18.9. The minimum absolute atomic E-state index is 0.0352. The highest BCUT2D eigenvalue weighted by Gasteiger charge is 2.19. The fourth-order valence-electron chi connectivity index (χ4n) is 3.09. The lowest BCUT2D eigenvalue weighted by molar-refractivity contribution is -0.384. The number of nitrogens with two attached hydrogens (primary N) is 1. The monoisotopic (exact) mass is 571 g/mol. The number of aromatic nitrogens is 1. The van der Waals surface area contributed by atoms with E-state index in [9.17, 15) is 24.5 Å². The van der Waals surface area contributed by atoms with Crippen LogP contribution < -0.4 is 21.7 Å². The molecule has 2 aromatic carbocycles. The number of aliphatic imine (C=N–C) groups is 1. The largest absolute Gasteiger partial charge is 0.465 e. The molecule has 0 bridgehead atoms. The minimum atomic E-state index is -1.33. The van der Waals surface area contributed by atoms with Gasteiger partial charge in [-0.15, -0.1) is 0 Å². The zero-order chi connectivity index (χ0) is 29.7. The van der Waals surface area contributed by atoms with Gasteiger partial charge < -0.3 is 31.9 Å². The van der Waals surface area contributed by atoms with Gasteiger partial charge in [0, 0.05) is 31.3 Å². The quantitative estimate of drug-likeness (QED) is 0.0895. The van der Waals surface area contributed by atoms with Crippen LogP contribution in [0.3, 0.4) is 0 Å². The van der Waals surface area contributed by atoms with Crippen molar-refractivity contribution in [2.45, 2.75) is 26.3 Å². The second-order valence-corrected chi connectivity index (χ2v) is 8.80. The molecule has 4 amide bonds. The average Bonchev–Trinajstić information content (AvgIpc) is 3.28. The molecule has 0 spiro atoms. The number of amides is 4. The Labute approximate surface area is 230 Å². The number of rotatable bonds is 10. The fraction of sp³-hybridized carbons (Fsp3) is 0.167. The third-order valence-corrected chi connectivity index (χ3v) is 5.81. The fourth-order valence-corrected chi connectivity index (χ4v) is 4.07. The Morgan fingerprint density at radius 1 is 1.05 bits per heavy atom. The number of nitrogens with zero attached hydrogens (tertiary/aromatic N) is 3. The number of anilines is 2. The maximum absolute atomic E-state index is 12.9. The van der Waals surface area contributed by atoms with Crippen LogP contribution >= 0.6 is 11.3 Å². The second kappa shape index (κ2) is 15.1. The predicted molar refractivity (Wildman–Crippen MR) is 147 cm³/mol. The zero-order valence-corrected chi connectivity index (χ0v) is 21.8. The van der Waals surface area contributed by atoms with Crippen LogP contribution in [0.2, 0.25) is 0 Å². The molecule has 0 unspecified atom stereocenters. The van der Waals surface area contributed by atoms with Gasteiger partial charge in [-0.2, -0.15) is 4.99 Å². The highest BCUT2D eigenvalue weighted by molar-refractivity contribution is 7.17. The van der Waals surface area contributed by atoms with E-state index in [1.54, 1.807) is 24.3 Å². The van der Waals surface area contributed by atoms with E-state index in [2.05, 4.69) is 31.7 Å². The minimum Gasteiger partial charge on any atom is -0.465 e. The van der Waals surface area contributed by atoms with Crippen LogP contribution in [0.25, 0.3) is 0 Å². The van der Waals surface area contributed by atoms with E-state index < -0.39 is 17.1 Å². The number of thiazole rings is 1. The Morgan fingerprint density at radius 2 is 1.65 bits per heavy atom. The van der Waals surface area contributed by atoms with Crippen molar-refractivity contribution in [1.29, 1.82) is 0 Å². The molecule has 16 heteroatoms. The van der Waals surface area contributed by atoms with Crippen molar-refractivity contribution in [3.05, 3.63) is 80.3 Å². The third-order valence-electron chi connectivity index (χ3n) is 4.80. The van der Waals surface area contributed by atoms with Crippen LogP contribution in [0.4, 0.5) is 26.1 Å². The Bertz CT molecular complexity index is 1390. The van der Waals surface area contributed by atoms with Gasteiger partial charge in [0.25, 0.3) is 11.6 Å². The first-order valence-corrected chi connectivity index (χ1v) is 12.1. The molecule has 7 N–H and O–H groups in total. The molecular formula is C24H25N7O8S. The number of carbonyl (C=O) groups is 4. The zero-order valence-electron chi connectivity index (χ0n) is 21.0. The topological polar surface area (TPSA) is 239 Å². The summed E-state index contributed by atoms with van der Waals surface area (Å²) in [5.41, 5.74) is 6.84. The van der Waals surface area contributed by atoms with Crippen LogP contribution in [0.5, 0.6) is 0 Å². The molecule has 1 aromatic heterocycles. The number of non-ortho nitro benzene ring substituents is 1. The molecule has 3 aromatic rings. The number of aryl methyl sites for hydroxylation is 2. The third kappa shape index (κ3) is 10.9. The molecule has 3 rings (SSSR count). The van der Waals surface area contributed by atoms with Crippen molar-refractivity contribution in [2.75, 3.05) is 10.6 Å². The van der Waals surface area contributed by atoms with E-state index in [-0.39, 0.29) is 24.0 Å². The summed E-state index contributed by atoms with van der Waals surface area (Å²) in [4.78, 5) is 61.8. The van der Waals surface area contributed by atoms with Crippen LogP contribution in [0, 0.1) is 10.1 Å². The lowest BCUT2D eigenvalue weighted by Crippen LogP contribution is -2.23. The standard InChI is InChI=1S/C23H22N6O6S.CH3NO2/c1-14(30)27-22-28-19(11-6-15-2-7-17(8-3-15)25-13-26-23(32)33)20(36-22)21(31)24-12-16-4-9-18(10-5-16)29(34)35;2-1(3)4/h2-5,7-10,13H,6,11-12H2,1H3,(H,24,31)(H,25,26)(H,32,33)(H,27,28,30);2H2,(H,3,4). The van der Waals surface area contributed by atoms with Crippen LogP contribution in [-0.4, -0.2) is 50.5 Å². The summed E-state index contributed by atoms with van der Waals surface area (Å²) in [6.07, 6.45) is -0.551. The molecular weight excluding hydrogens is 546 g/mol. The smallest absolute Gasteiger partial charge is 0.432 e. The number of hydrogen-bond acceptors (Lipinski definition) is 8. The Balaban J connectivity index is 0.00000131.